The molecule has 1 rings (SSSR count). The number of rotatable bonds is 6. The summed E-state index contributed by atoms with van der Waals surface area (Å²) in [5.74, 6) is 0.785. The standard InChI is InChI=1S/C13H27NO/c1-5-7-10(3)12(6-2)14-13-8-9-15-11(13)4/h10-14H,5-9H2,1-4H3. The predicted molar refractivity (Wildman–Crippen MR) is 65.1 cm³/mol. The van der Waals surface area contributed by atoms with E-state index < -0.39 is 0 Å². The maximum Gasteiger partial charge on any atom is 0.0700 e. The summed E-state index contributed by atoms with van der Waals surface area (Å²) < 4.78 is 5.59. The summed E-state index contributed by atoms with van der Waals surface area (Å²) in [6, 6.07) is 1.24. The van der Waals surface area contributed by atoms with Crippen molar-refractivity contribution < 1.29 is 4.74 Å². The largest absolute Gasteiger partial charge is 0.377 e. The van der Waals surface area contributed by atoms with Crippen LogP contribution >= 0.6 is 0 Å². The molecule has 1 fully saturated rings. The molecule has 0 saturated carbocycles. The van der Waals surface area contributed by atoms with Crippen molar-refractivity contribution in [1.82, 2.24) is 5.32 Å². The molecule has 0 bridgehead atoms. The van der Waals surface area contributed by atoms with E-state index in [1.165, 1.54) is 25.7 Å². The van der Waals surface area contributed by atoms with E-state index in [2.05, 4.69) is 33.0 Å². The topological polar surface area (TPSA) is 21.3 Å². The van der Waals surface area contributed by atoms with Gasteiger partial charge in [0.05, 0.1) is 6.10 Å². The molecule has 0 radical (unpaired) electrons. The molecule has 1 aliphatic rings. The smallest absolute Gasteiger partial charge is 0.0700 e. The van der Waals surface area contributed by atoms with E-state index in [9.17, 15) is 0 Å². The monoisotopic (exact) mass is 213 g/mol. The van der Waals surface area contributed by atoms with E-state index in [-0.39, 0.29) is 0 Å². The summed E-state index contributed by atoms with van der Waals surface area (Å²) in [7, 11) is 0. The lowest BCUT2D eigenvalue weighted by Crippen LogP contribution is -2.44. The summed E-state index contributed by atoms with van der Waals surface area (Å²) in [6.07, 6.45) is 5.41. The molecule has 0 spiro atoms. The molecule has 1 aliphatic heterocycles. The molecular weight excluding hydrogens is 186 g/mol. The Morgan fingerprint density at radius 2 is 2.13 bits per heavy atom. The van der Waals surface area contributed by atoms with Gasteiger partial charge in [-0.2, -0.15) is 0 Å². The van der Waals surface area contributed by atoms with Gasteiger partial charge in [0.15, 0.2) is 0 Å². The van der Waals surface area contributed by atoms with Gasteiger partial charge in [0.25, 0.3) is 0 Å². The van der Waals surface area contributed by atoms with Crippen LogP contribution in [0.15, 0.2) is 0 Å². The van der Waals surface area contributed by atoms with Crippen molar-refractivity contribution >= 4 is 0 Å². The van der Waals surface area contributed by atoms with Gasteiger partial charge in [-0.25, -0.2) is 0 Å². The molecule has 0 aromatic carbocycles. The number of hydrogen-bond donors (Lipinski definition) is 1. The molecule has 0 aromatic rings. The first-order valence-corrected chi connectivity index (χ1v) is 6.56. The van der Waals surface area contributed by atoms with E-state index in [1.807, 2.05) is 0 Å². The fourth-order valence-corrected chi connectivity index (χ4v) is 2.57. The average molecular weight is 213 g/mol. The van der Waals surface area contributed by atoms with Gasteiger partial charge in [-0.1, -0.05) is 27.2 Å². The molecule has 1 heterocycles. The third-order valence-electron chi connectivity index (χ3n) is 3.68. The second-order valence-electron chi connectivity index (χ2n) is 4.92. The van der Waals surface area contributed by atoms with Gasteiger partial charge in [0.2, 0.25) is 0 Å². The van der Waals surface area contributed by atoms with Crippen molar-refractivity contribution in [3.8, 4) is 0 Å². The number of ether oxygens (including phenoxy) is 1. The Bertz CT molecular complexity index is 172. The molecule has 2 nitrogen and oxygen atoms in total. The normalized spacial score (nSPS) is 30.4. The Morgan fingerprint density at radius 1 is 1.40 bits per heavy atom. The van der Waals surface area contributed by atoms with E-state index >= 15 is 0 Å². The zero-order valence-corrected chi connectivity index (χ0v) is 10.8. The second-order valence-corrected chi connectivity index (χ2v) is 4.92. The third kappa shape index (κ3) is 3.76. The quantitative estimate of drug-likeness (QED) is 0.732. The highest BCUT2D eigenvalue weighted by molar-refractivity contribution is 4.84. The Morgan fingerprint density at radius 3 is 2.60 bits per heavy atom. The van der Waals surface area contributed by atoms with Crippen LogP contribution in [0.25, 0.3) is 0 Å². The minimum absolute atomic E-state index is 0.396. The second kappa shape index (κ2) is 6.49. The van der Waals surface area contributed by atoms with Crippen LogP contribution in [-0.2, 0) is 4.74 Å². The maximum absolute atomic E-state index is 5.59. The van der Waals surface area contributed by atoms with Crippen molar-refractivity contribution in [3.05, 3.63) is 0 Å². The van der Waals surface area contributed by atoms with Crippen LogP contribution in [0, 0.1) is 5.92 Å². The first kappa shape index (κ1) is 13.0. The van der Waals surface area contributed by atoms with Crippen LogP contribution in [0.5, 0.6) is 0 Å². The minimum atomic E-state index is 0.396. The van der Waals surface area contributed by atoms with Crippen LogP contribution in [0.1, 0.15) is 53.4 Å². The lowest BCUT2D eigenvalue weighted by Gasteiger charge is -2.28. The van der Waals surface area contributed by atoms with Crippen molar-refractivity contribution in [3.63, 3.8) is 0 Å². The van der Waals surface area contributed by atoms with Gasteiger partial charge >= 0.3 is 0 Å². The van der Waals surface area contributed by atoms with Crippen molar-refractivity contribution in [1.29, 1.82) is 0 Å². The lowest BCUT2D eigenvalue weighted by molar-refractivity contribution is 0.108. The molecule has 1 N–H and O–H groups in total. The van der Waals surface area contributed by atoms with Crippen LogP contribution in [0.4, 0.5) is 0 Å². The van der Waals surface area contributed by atoms with Crippen LogP contribution < -0.4 is 5.32 Å². The van der Waals surface area contributed by atoms with E-state index in [4.69, 9.17) is 4.74 Å². The van der Waals surface area contributed by atoms with Crippen LogP contribution in [-0.4, -0.2) is 24.8 Å². The molecule has 4 unspecified atom stereocenters. The fourth-order valence-electron chi connectivity index (χ4n) is 2.57. The Balaban J connectivity index is 2.38. The van der Waals surface area contributed by atoms with Crippen LogP contribution in [0.3, 0.4) is 0 Å². The van der Waals surface area contributed by atoms with Gasteiger partial charge in [0.1, 0.15) is 0 Å². The van der Waals surface area contributed by atoms with E-state index in [0.29, 0.717) is 18.2 Å². The lowest BCUT2D eigenvalue weighted by atomic mass is 9.93. The highest BCUT2D eigenvalue weighted by Crippen LogP contribution is 2.18. The predicted octanol–water partition coefficient (Wildman–Crippen LogP) is 2.97. The van der Waals surface area contributed by atoms with Gasteiger partial charge in [-0.05, 0) is 32.1 Å². The molecule has 2 heteroatoms. The third-order valence-corrected chi connectivity index (χ3v) is 3.68. The van der Waals surface area contributed by atoms with Crippen molar-refractivity contribution in [2.24, 2.45) is 5.92 Å². The summed E-state index contributed by atoms with van der Waals surface area (Å²) in [6.45, 7) is 10.0. The molecule has 0 amide bonds. The summed E-state index contributed by atoms with van der Waals surface area (Å²) in [5.41, 5.74) is 0. The highest BCUT2D eigenvalue weighted by atomic mass is 16.5. The molecule has 90 valence electrons. The maximum atomic E-state index is 5.59. The molecule has 0 aliphatic carbocycles. The van der Waals surface area contributed by atoms with Gasteiger partial charge in [-0.15, -0.1) is 0 Å². The molecule has 0 aromatic heterocycles. The molecular formula is C13H27NO. The fraction of sp³-hybridized carbons (Fsp3) is 1.00. The molecule has 1 saturated heterocycles. The van der Waals surface area contributed by atoms with Crippen LogP contribution in [0.2, 0.25) is 0 Å². The first-order valence-electron chi connectivity index (χ1n) is 6.56. The summed E-state index contributed by atoms with van der Waals surface area (Å²) in [5, 5.41) is 3.77. The Labute approximate surface area is 94.8 Å². The first-order chi connectivity index (χ1) is 7.19. The Hall–Kier alpha value is -0.0800. The summed E-state index contributed by atoms with van der Waals surface area (Å²) in [4.78, 5) is 0. The summed E-state index contributed by atoms with van der Waals surface area (Å²) >= 11 is 0. The van der Waals surface area contributed by atoms with Gasteiger partial charge in [-0.3, -0.25) is 0 Å². The van der Waals surface area contributed by atoms with Crippen molar-refractivity contribution in [2.45, 2.75) is 71.6 Å². The van der Waals surface area contributed by atoms with E-state index in [1.54, 1.807) is 0 Å². The zero-order chi connectivity index (χ0) is 11.3. The number of hydrogen-bond acceptors (Lipinski definition) is 2. The van der Waals surface area contributed by atoms with Gasteiger partial charge in [0, 0.05) is 18.7 Å². The number of nitrogens with one attached hydrogen (secondary N) is 1. The SMILES string of the molecule is CCCC(C)C(CC)NC1CCOC1C. The average Bonchev–Trinajstić information content (AvgIpc) is 2.61. The minimum Gasteiger partial charge on any atom is -0.377 e. The highest BCUT2D eigenvalue weighted by Gasteiger charge is 2.27. The zero-order valence-electron chi connectivity index (χ0n) is 10.8. The molecule has 4 atom stereocenters. The van der Waals surface area contributed by atoms with E-state index in [0.717, 1.165) is 12.5 Å². The van der Waals surface area contributed by atoms with Crippen molar-refractivity contribution in [2.75, 3.05) is 6.61 Å². The van der Waals surface area contributed by atoms with Gasteiger partial charge < -0.3 is 10.1 Å². The molecule has 15 heavy (non-hydrogen) atoms. The Kier molecular flexibility index (Phi) is 5.62.